The zero-order valence-corrected chi connectivity index (χ0v) is 18.5. The number of nitrogens with zero attached hydrogens (tertiary/aromatic N) is 3. The first-order valence-corrected chi connectivity index (χ1v) is 11.9. The van der Waals surface area contributed by atoms with Gasteiger partial charge in [0, 0.05) is 44.1 Å². The van der Waals surface area contributed by atoms with Gasteiger partial charge in [-0.15, -0.1) is 11.3 Å². The summed E-state index contributed by atoms with van der Waals surface area (Å²) in [7, 11) is 0. The molecular formula is C21H37N5O2S. The van der Waals surface area contributed by atoms with E-state index in [4.69, 9.17) is 9.73 Å². The summed E-state index contributed by atoms with van der Waals surface area (Å²) in [6.45, 7) is 11.3. The average molecular weight is 424 g/mol. The molecule has 7 nitrogen and oxygen atoms in total. The molecule has 8 heteroatoms. The summed E-state index contributed by atoms with van der Waals surface area (Å²) >= 11 is 1.81. The van der Waals surface area contributed by atoms with Crippen LogP contribution < -0.4 is 10.6 Å². The highest BCUT2D eigenvalue weighted by Crippen LogP contribution is 2.26. The van der Waals surface area contributed by atoms with Crippen molar-refractivity contribution in [1.82, 2.24) is 20.4 Å². The first kappa shape index (κ1) is 22.5. The fourth-order valence-electron chi connectivity index (χ4n) is 3.93. The molecule has 1 atom stereocenters. The lowest BCUT2D eigenvalue weighted by molar-refractivity contribution is 0.0186. The molecule has 3 rings (SSSR count). The maximum Gasteiger partial charge on any atom is 0.191 e. The number of nitrogens with one attached hydrogen (secondary N) is 2. The number of aliphatic imine (C=N–C) groups is 1. The number of hydrogen-bond acceptors (Lipinski definition) is 6. The van der Waals surface area contributed by atoms with Crippen LogP contribution in [0.5, 0.6) is 0 Å². The van der Waals surface area contributed by atoms with E-state index in [2.05, 4.69) is 44.9 Å². The number of thiophene rings is 1. The van der Waals surface area contributed by atoms with Gasteiger partial charge in [0.25, 0.3) is 0 Å². The summed E-state index contributed by atoms with van der Waals surface area (Å²) in [5.74, 6) is 0.899. The molecule has 2 saturated heterocycles. The molecule has 0 radical (unpaired) electrons. The van der Waals surface area contributed by atoms with Gasteiger partial charge in [0.2, 0.25) is 0 Å². The van der Waals surface area contributed by atoms with E-state index in [0.29, 0.717) is 6.04 Å². The maximum atomic E-state index is 9.62. The number of aliphatic hydroxyl groups excluding tert-OH is 1. The highest BCUT2D eigenvalue weighted by atomic mass is 32.1. The molecule has 3 N–H and O–H groups in total. The third-order valence-corrected chi connectivity index (χ3v) is 6.60. The van der Waals surface area contributed by atoms with Crippen molar-refractivity contribution >= 4 is 17.3 Å². The second kappa shape index (κ2) is 12.5. The molecule has 0 aromatic carbocycles. The highest BCUT2D eigenvalue weighted by Gasteiger charge is 2.23. The minimum absolute atomic E-state index is 0.0976. The standard InChI is InChI=1S/C21H37N5O2S/c1-2-22-21(23-8-4-9-25-10-6-18(27)7-11-25)24-17-19(20-5-3-16-29-20)26-12-14-28-15-13-26/h3,5,16,18-19,27H,2,4,6-15,17H2,1H3,(H2,22,23,24). The quantitative estimate of drug-likeness (QED) is 0.318. The lowest BCUT2D eigenvalue weighted by atomic mass is 10.1. The van der Waals surface area contributed by atoms with Gasteiger partial charge in [0.05, 0.1) is 31.9 Å². The van der Waals surface area contributed by atoms with E-state index in [9.17, 15) is 5.11 Å². The summed E-state index contributed by atoms with van der Waals surface area (Å²) < 4.78 is 5.54. The van der Waals surface area contributed by atoms with Gasteiger partial charge in [-0.25, -0.2) is 0 Å². The van der Waals surface area contributed by atoms with Crippen molar-refractivity contribution in [1.29, 1.82) is 0 Å². The van der Waals surface area contributed by atoms with Gasteiger partial charge in [-0.1, -0.05) is 6.07 Å². The molecule has 0 amide bonds. The third-order valence-electron chi connectivity index (χ3n) is 5.63. The van der Waals surface area contributed by atoms with E-state index in [1.807, 2.05) is 11.3 Å². The molecule has 2 fully saturated rings. The van der Waals surface area contributed by atoms with Crippen molar-refractivity contribution in [3.05, 3.63) is 22.4 Å². The minimum Gasteiger partial charge on any atom is -0.393 e. The predicted octanol–water partition coefficient (Wildman–Crippen LogP) is 1.52. The number of likely N-dealkylation sites (tertiary alicyclic amines) is 1. The third kappa shape index (κ3) is 7.53. The van der Waals surface area contributed by atoms with Crippen molar-refractivity contribution in [2.75, 3.05) is 65.6 Å². The number of piperidine rings is 1. The molecule has 164 valence electrons. The van der Waals surface area contributed by atoms with Crippen LogP contribution in [0.3, 0.4) is 0 Å². The Kier molecular flexibility index (Phi) is 9.69. The van der Waals surface area contributed by atoms with Crippen LogP contribution in [0.4, 0.5) is 0 Å². The van der Waals surface area contributed by atoms with Gasteiger partial charge in [0.15, 0.2) is 5.96 Å². The average Bonchev–Trinajstić information content (AvgIpc) is 3.28. The van der Waals surface area contributed by atoms with Crippen molar-refractivity contribution in [2.45, 2.75) is 38.3 Å². The normalized spacial score (nSPS) is 21.2. The van der Waals surface area contributed by atoms with E-state index in [0.717, 1.165) is 90.8 Å². The summed E-state index contributed by atoms with van der Waals surface area (Å²) in [6, 6.07) is 4.66. The Hall–Kier alpha value is -1.19. The molecule has 2 aliphatic heterocycles. The van der Waals surface area contributed by atoms with Gasteiger partial charge in [0.1, 0.15) is 0 Å². The summed E-state index contributed by atoms with van der Waals surface area (Å²) in [5, 5.41) is 18.7. The number of hydrogen-bond donors (Lipinski definition) is 3. The number of guanidine groups is 1. The van der Waals surface area contributed by atoms with Crippen LogP contribution in [0, 0.1) is 0 Å². The second-order valence-electron chi connectivity index (χ2n) is 7.75. The molecule has 0 aliphatic carbocycles. The lowest BCUT2D eigenvalue weighted by Gasteiger charge is -2.33. The first-order chi connectivity index (χ1) is 14.3. The van der Waals surface area contributed by atoms with Gasteiger partial charge in [-0.3, -0.25) is 9.89 Å². The van der Waals surface area contributed by atoms with E-state index in [-0.39, 0.29) is 6.10 Å². The fourth-order valence-corrected chi connectivity index (χ4v) is 4.78. The molecule has 0 spiro atoms. The maximum absolute atomic E-state index is 9.62. The van der Waals surface area contributed by atoms with Gasteiger partial charge < -0.3 is 25.4 Å². The van der Waals surface area contributed by atoms with E-state index < -0.39 is 0 Å². The monoisotopic (exact) mass is 423 g/mol. The van der Waals surface area contributed by atoms with Crippen LogP contribution >= 0.6 is 11.3 Å². The summed E-state index contributed by atoms with van der Waals surface area (Å²) in [5.41, 5.74) is 0. The Morgan fingerprint density at radius 1 is 1.28 bits per heavy atom. The van der Waals surface area contributed by atoms with Crippen LogP contribution in [0.25, 0.3) is 0 Å². The molecule has 3 heterocycles. The van der Waals surface area contributed by atoms with Gasteiger partial charge in [-0.05, 0) is 44.2 Å². The van der Waals surface area contributed by atoms with Crippen LogP contribution in [0.15, 0.2) is 22.5 Å². The van der Waals surface area contributed by atoms with Crippen LogP contribution in [0.2, 0.25) is 0 Å². The Balaban J connectivity index is 1.48. The zero-order valence-electron chi connectivity index (χ0n) is 17.7. The largest absolute Gasteiger partial charge is 0.393 e. The number of morpholine rings is 1. The summed E-state index contributed by atoms with van der Waals surface area (Å²) in [6.07, 6.45) is 2.80. The molecule has 0 saturated carbocycles. The van der Waals surface area contributed by atoms with E-state index >= 15 is 0 Å². The van der Waals surface area contributed by atoms with Crippen molar-refractivity contribution < 1.29 is 9.84 Å². The zero-order chi connectivity index (χ0) is 20.3. The van der Waals surface area contributed by atoms with Crippen molar-refractivity contribution in [2.24, 2.45) is 4.99 Å². The summed E-state index contributed by atoms with van der Waals surface area (Å²) in [4.78, 5) is 11.2. The van der Waals surface area contributed by atoms with Crippen LogP contribution in [-0.4, -0.2) is 92.5 Å². The smallest absolute Gasteiger partial charge is 0.191 e. The molecule has 0 bridgehead atoms. The van der Waals surface area contributed by atoms with Crippen LogP contribution in [-0.2, 0) is 4.74 Å². The Morgan fingerprint density at radius 3 is 2.76 bits per heavy atom. The first-order valence-electron chi connectivity index (χ1n) is 11.0. The molecule has 1 aromatic rings. The minimum atomic E-state index is -0.0976. The van der Waals surface area contributed by atoms with Crippen molar-refractivity contribution in [3.63, 3.8) is 0 Å². The number of ether oxygens (including phenoxy) is 1. The van der Waals surface area contributed by atoms with Crippen molar-refractivity contribution in [3.8, 4) is 0 Å². The molecule has 29 heavy (non-hydrogen) atoms. The van der Waals surface area contributed by atoms with Crippen LogP contribution in [0.1, 0.15) is 37.1 Å². The van der Waals surface area contributed by atoms with E-state index in [1.54, 1.807) is 0 Å². The predicted molar refractivity (Wildman–Crippen MR) is 120 cm³/mol. The molecule has 2 aliphatic rings. The van der Waals surface area contributed by atoms with Gasteiger partial charge >= 0.3 is 0 Å². The Labute approximate surface area is 179 Å². The fraction of sp³-hybridized carbons (Fsp3) is 0.762. The number of aliphatic hydroxyl groups is 1. The topological polar surface area (TPSA) is 72.4 Å². The van der Waals surface area contributed by atoms with E-state index in [1.165, 1.54) is 4.88 Å². The second-order valence-corrected chi connectivity index (χ2v) is 8.73. The Morgan fingerprint density at radius 2 is 2.07 bits per heavy atom. The number of rotatable bonds is 9. The molecular weight excluding hydrogens is 386 g/mol. The SMILES string of the molecule is CCNC(=NCC(c1cccs1)N1CCOCC1)NCCCN1CCC(O)CC1. The Bertz CT molecular complexity index is 584. The molecule has 1 aromatic heterocycles. The lowest BCUT2D eigenvalue weighted by Crippen LogP contribution is -2.42. The molecule has 1 unspecified atom stereocenters. The van der Waals surface area contributed by atoms with Gasteiger partial charge in [-0.2, -0.15) is 0 Å². The highest BCUT2D eigenvalue weighted by molar-refractivity contribution is 7.10.